The second kappa shape index (κ2) is 10.9. The van der Waals surface area contributed by atoms with Gasteiger partial charge >= 0.3 is 0 Å². The first kappa shape index (κ1) is 24.0. The Bertz CT molecular complexity index is 1330. The molecule has 3 aromatic carbocycles. The van der Waals surface area contributed by atoms with Crippen molar-refractivity contribution in [3.8, 4) is 29.1 Å². The van der Waals surface area contributed by atoms with Crippen LogP contribution in [0, 0.1) is 18.3 Å². The third-order valence-electron chi connectivity index (χ3n) is 5.20. The van der Waals surface area contributed by atoms with Crippen LogP contribution in [0.3, 0.4) is 0 Å². The van der Waals surface area contributed by atoms with Crippen LogP contribution in [0.5, 0.6) is 23.0 Å². The number of aryl methyl sites for hydroxylation is 1. The number of halogens is 1. The van der Waals surface area contributed by atoms with Crippen molar-refractivity contribution < 1.29 is 23.7 Å². The highest BCUT2D eigenvalue weighted by atomic mass is 35.5. The second-order valence-electron chi connectivity index (χ2n) is 7.70. The van der Waals surface area contributed by atoms with Crippen LogP contribution in [0.1, 0.15) is 23.6 Å². The SMILES string of the molecule is CCOc1cc(/C=C(/C#N)C(=O)Nc2ccc(C)c(Cl)c2)ccc1OCc1ccc2c(c1)OCO2. The molecule has 0 bridgehead atoms. The molecule has 0 aromatic heterocycles. The molecule has 1 aliphatic rings. The summed E-state index contributed by atoms with van der Waals surface area (Å²) in [5, 5.41) is 12.8. The molecule has 0 atom stereocenters. The monoisotopic (exact) mass is 490 g/mol. The fourth-order valence-corrected chi connectivity index (χ4v) is 3.56. The van der Waals surface area contributed by atoms with Gasteiger partial charge in [-0.1, -0.05) is 29.8 Å². The van der Waals surface area contributed by atoms with Gasteiger partial charge in [-0.2, -0.15) is 5.26 Å². The molecule has 0 unspecified atom stereocenters. The molecule has 0 saturated heterocycles. The van der Waals surface area contributed by atoms with Crippen molar-refractivity contribution in [2.75, 3.05) is 18.7 Å². The number of rotatable bonds is 8. The van der Waals surface area contributed by atoms with Gasteiger partial charge in [-0.05, 0) is 73.0 Å². The molecule has 0 saturated carbocycles. The van der Waals surface area contributed by atoms with Gasteiger partial charge < -0.3 is 24.3 Å². The number of nitrogens with zero attached hydrogens (tertiary/aromatic N) is 1. The minimum absolute atomic E-state index is 0.0572. The summed E-state index contributed by atoms with van der Waals surface area (Å²) >= 11 is 6.12. The van der Waals surface area contributed by atoms with Crippen molar-refractivity contribution in [2.45, 2.75) is 20.5 Å². The van der Waals surface area contributed by atoms with Gasteiger partial charge in [-0.15, -0.1) is 0 Å². The number of carbonyl (C=O) groups is 1. The summed E-state index contributed by atoms with van der Waals surface area (Å²) < 4.78 is 22.5. The molecule has 4 rings (SSSR count). The van der Waals surface area contributed by atoms with Crippen molar-refractivity contribution in [1.82, 2.24) is 0 Å². The Balaban J connectivity index is 1.49. The molecule has 35 heavy (non-hydrogen) atoms. The third kappa shape index (κ3) is 5.86. The van der Waals surface area contributed by atoms with Gasteiger partial charge in [0.05, 0.1) is 6.61 Å². The van der Waals surface area contributed by atoms with E-state index in [1.54, 1.807) is 36.4 Å². The number of nitriles is 1. The quantitative estimate of drug-likeness (QED) is 0.312. The number of ether oxygens (including phenoxy) is 4. The van der Waals surface area contributed by atoms with E-state index in [1.807, 2.05) is 38.1 Å². The van der Waals surface area contributed by atoms with E-state index in [-0.39, 0.29) is 12.4 Å². The summed E-state index contributed by atoms with van der Waals surface area (Å²) in [6.07, 6.45) is 1.50. The second-order valence-corrected chi connectivity index (χ2v) is 8.11. The number of carbonyl (C=O) groups excluding carboxylic acids is 1. The number of fused-ring (bicyclic) bond motifs is 1. The Labute approximate surface area is 208 Å². The lowest BCUT2D eigenvalue weighted by Gasteiger charge is -2.13. The summed E-state index contributed by atoms with van der Waals surface area (Å²) in [6, 6.07) is 18.0. The third-order valence-corrected chi connectivity index (χ3v) is 5.61. The number of benzene rings is 3. The van der Waals surface area contributed by atoms with Crippen LogP contribution in [0.25, 0.3) is 6.08 Å². The normalized spacial score (nSPS) is 12.1. The smallest absolute Gasteiger partial charge is 0.266 e. The number of anilines is 1. The topological polar surface area (TPSA) is 89.8 Å². The minimum Gasteiger partial charge on any atom is -0.490 e. The Morgan fingerprint density at radius 2 is 1.91 bits per heavy atom. The maximum Gasteiger partial charge on any atom is 0.266 e. The maximum absolute atomic E-state index is 12.6. The lowest BCUT2D eigenvalue weighted by atomic mass is 10.1. The summed E-state index contributed by atoms with van der Waals surface area (Å²) in [5.74, 6) is 1.91. The molecule has 0 aliphatic carbocycles. The van der Waals surface area contributed by atoms with Crippen LogP contribution in [-0.4, -0.2) is 19.3 Å². The predicted octanol–water partition coefficient (Wildman–Crippen LogP) is 5.90. The van der Waals surface area contributed by atoms with Crippen molar-refractivity contribution in [3.63, 3.8) is 0 Å². The van der Waals surface area contributed by atoms with Crippen molar-refractivity contribution >= 4 is 29.3 Å². The number of hydrogen-bond acceptors (Lipinski definition) is 6. The van der Waals surface area contributed by atoms with Crippen LogP contribution in [0.2, 0.25) is 5.02 Å². The molecule has 1 N–H and O–H groups in total. The van der Waals surface area contributed by atoms with E-state index in [9.17, 15) is 10.1 Å². The Morgan fingerprint density at radius 1 is 1.09 bits per heavy atom. The van der Waals surface area contributed by atoms with Crippen LogP contribution in [-0.2, 0) is 11.4 Å². The van der Waals surface area contributed by atoms with Crippen LogP contribution >= 0.6 is 11.6 Å². The Kier molecular flexibility index (Phi) is 7.44. The van der Waals surface area contributed by atoms with Gasteiger partial charge in [0, 0.05) is 10.7 Å². The van der Waals surface area contributed by atoms with Crippen molar-refractivity contribution in [3.05, 3.63) is 81.9 Å². The molecule has 1 amide bonds. The highest BCUT2D eigenvalue weighted by Gasteiger charge is 2.15. The molecule has 178 valence electrons. The predicted molar refractivity (Wildman–Crippen MR) is 133 cm³/mol. The Morgan fingerprint density at radius 3 is 2.69 bits per heavy atom. The lowest BCUT2D eigenvalue weighted by Crippen LogP contribution is -2.13. The summed E-state index contributed by atoms with van der Waals surface area (Å²) in [4.78, 5) is 12.6. The van der Waals surface area contributed by atoms with E-state index in [4.69, 9.17) is 30.5 Å². The highest BCUT2D eigenvalue weighted by molar-refractivity contribution is 6.31. The van der Waals surface area contributed by atoms with Gasteiger partial charge in [-0.3, -0.25) is 4.79 Å². The highest BCUT2D eigenvalue weighted by Crippen LogP contribution is 2.34. The Hall–Kier alpha value is -4.15. The summed E-state index contributed by atoms with van der Waals surface area (Å²) in [6.45, 7) is 4.67. The van der Waals surface area contributed by atoms with Crippen LogP contribution in [0.15, 0.2) is 60.2 Å². The van der Waals surface area contributed by atoms with E-state index in [0.29, 0.717) is 52.5 Å². The van der Waals surface area contributed by atoms with E-state index < -0.39 is 5.91 Å². The average Bonchev–Trinajstić information content (AvgIpc) is 3.32. The number of nitrogens with one attached hydrogen (secondary N) is 1. The first-order valence-electron chi connectivity index (χ1n) is 10.9. The largest absolute Gasteiger partial charge is 0.490 e. The molecule has 0 spiro atoms. The molecule has 0 fully saturated rings. The van der Waals surface area contributed by atoms with E-state index in [0.717, 1.165) is 11.1 Å². The first-order valence-corrected chi connectivity index (χ1v) is 11.3. The molecule has 0 radical (unpaired) electrons. The summed E-state index contributed by atoms with van der Waals surface area (Å²) in [7, 11) is 0. The molecule has 8 heteroatoms. The standard InChI is InChI=1S/C27H23ClN2O5/c1-3-32-25-11-18(10-20(14-29)27(31)30-21-7-4-17(2)22(28)13-21)5-8-23(25)33-15-19-6-9-24-26(12-19)35-16-34-24/h4-13H,3,15-16H2,1-2H3,(H,30,31)/b20-10-. The van der Waals surface area contributed by atoms with Gasteiger partial charge in [0.15, 0.2) is 23.0 Å². The van der Waals surface area contributed by atoms with Crippen LogP contribution in [0.4, 0.5) is 5.69 Å². The molecule has 3 aromatic rings. The molecular weight excluding hydrogens is 468 g/mol. The zero-order chi connectivity index (χ0) is 24.8. The molecule has 1 heterocycles. The van der Waals surface area contributed by atoms with Crippen molar-refractivity contribution in [1.29, 1.82) is 5.26 Å². The van der Waals surface area contributed by atoms with Gasteiger partial charge in [0.1, 0.15) is 18.2 Å². The zero-order valence-electron chi connectivity index (χ0n) is 19.3. The van der Waals surface area contributed by atoms with Crippen molar-refractivity contribution in [2.24, 2.45) is 0 Å². The average molecular weight is 491 g/mol. The number of amides is 1. The van der Waals surface area contributed by atoms with Gasteiger partial charge in [-0.25, -0.2) is 0 Å². The number of hydrogen-bond donors (Lipinski definition) is 1. The summed E-state index contributed by atoms with van der Waals surface area (Å²) in [5.41, 5.74) is 2.88. The lowest BCUT2D eigenvalue weighted by molar-refractivity contribution is -0.112. The first-order chi connectivity index (χ1) is 17.0. The van der Waals surface area contributed by atoms with Crippen LogP contribution < -0.4 is 24.3 Å². The van der Waals surface area contributed by atoms with E-state index in [2.05, 4.69) is 5.32 Å². The fraction of sp³-hybridized carbons (Fsp3) is 0.185. The molecular formula is C27H23ClN2O5. The fourth-order valence-electron chi connectivity index (χ4n) is 3.38. The molecule has 7 nitrogen and oxygen atoms in total. The van der Waals surface area contributed by atoms with Gasteiger partial charge in [0.2, 0.25) is 6.79 Å². The zero-order valence-corrected chi connectivity index (χ0v) is 20.0. The van der Waals surface area contributed by atoms with Gasteiger partial charge in [0.25, 0.3) is 5.91 Å². The maximum atomic E-state index is 12.6. The molecule has 1 aliphatic heterocycles. The van der Waals surface area contributed by atoms with E-state index in [1.165, 1.54) is 6.08 Å². The van der Waals surface area contributed by atoms with E-state index >= 15 is 0 Å². The minimum atomic E-state index is -0.534.